The van der Waals surface area contributed by atoms with Crippen molar-refractivity contribution in [1.29, 1.82) is 0 Å². The van der Waals surface area contributed by atoms with Crippen molar-refractivity contribution < 1.29 is 41.5 Å². The zero-order valence-electron chi connectivity index (χ0n) is 25.5. The van der Waals surface area contributed by atoms with Crippen LogP contribution in [0.25, 0.3) is 0 Å². The minimum Gasteiger partial charge on any atom is -0.373 e. The highest BCUT2D eigenvalue weighted by Gasteiger charge is 2.35. The molecule has 0 fully saturated rings. The van der Waals surface area contributed by atoms with Crippen LogP contribution in [0.4, 0.5) is 10.4 Å². The Kier molecular flexibility index (Phi) is 26.9. The van der Waals surface area contributed by atoms with E-state index in [9.17, 15) is 27.4 Å². The predicted octanol–water partition coefficient (Wildman–Crippen LogP) is 8.18. The molecule has 3 aromatic carbocycles. The number of anilines is 1. The van der Waals surface area contributed by atoms with E-state index in [2.05, 4.69) is 5.32 Å². The molecule has 3 rings (SSSR count). The third-order valence-electron chi connectivity index (χ3n) is 7.04. The van der Waals surface area contributed by atoms with Gasteiger partial charge in [0.1, 0.15) is 16.6 Å². The number of amides is 1. The van der Waals surface area contributed by atoms with Gasteiger partial charge in [0.05, 0.1) is 5.69 Å². The van der Waals surface area contributed by atoms with Crippen LogP contribution in [0.2, 0.25) is 0 Å². The van der Waals surface area contributed by atoms with Crippen molar-refractivity contribution in [2.45, 2.75) is 98.7 Å². The van der Waals surface area contributed by atoms with Crippen LogP contribution in [0.1, 0.15) is 80.4 Å². The van der Waals surface area contributed by atoms with E-state index in [1.165, 1.54) is 32.2 Å². The number of halogens is 1. The number of ketones is 2. The zero-order chi connectivity index (χ0) is 31.9. The molecule has 0 heterocycles. The Hall–Kier alpha value is -3.77. The second-order valence-electron chi connectivity index (χ2n) is 10.2. The lowest BCUT2D eigenvalue weighted by molar-refractivity contribution is -0.139. The van der Waals surface area contributed by atoms with Crippen molar-refractivity contribution in [2.24, 2.45) is 0 Å². The van der Waals surface area contributed by atoms with Gasteiger partial charge in [-0.05, 0) is 56.4 Å². The molecule has 0 radical (unpaired) electrons. The average Bonchev–Trinajstić information content (AvgIpc) is 2.98. The summed E-state index contributed by atoms with van der Waals surface area (Å²) in [5.41, 5.74) is 1.21. The van der Waals surface area contributed by atoms with Crippen LogP contribution in [-0.4, -0.2) is 56.4 Å². The molecule has 9 nitrogen and oxygen atoms in total. The second kappa shape index (κ2) is 25.3. The fraction of sp³-hybridized carbons (Fsp3) is 0.432. The first-order valence-electron chi connectivity index (χ1n) is 14.0. The number of carbonyl (C=O) groups excluding carboxylic acids is 3. The summed E-state index contributed by atoms with van der Waals surface area (Å²) in [6.45, 7) is 3.06. The molecule has 0 aromatic heterocycles. The Labute approximate surface area is 288 Å². The molecular weight excluding hydrogens is 637 g/mol. The minimum absolute atomic E-state index is 0. The van der Waals surface area contributed by atoms with Gasteiger partial charge >= 0.3 is 0 Å². The Bertz CT molecular complexity index is 1440. The van der Waals surface area contributed by atoms with Gasteiger partial charge in [-0.1, -0.05) is 103 Å². The number of hydrogen-bond acceptors (Lipinski definition) is 7. The average molecular weight is 696 g/mol. The summed E-state index contributed by atoms with van der Waals surface area (Å²) >= 11 is 0. The fourth-order valence-electron chi connectivity index (χ4n) is 4.56. The topological polar surface area (TPSA) is 136 Å². The van der Waals surface area contributed by atoms with Crippen LogP contribution < -0.4 is 5.32 Å². The maximum absolute atomic E-state index is 12.3. The van der Waals surface area contributed by atoms with Crippen LogP contribution in [0.15, 0.2) is 89.8 Å². The number of para-hydroxylation sites is 1. The lowest BCUT2D eigenvalue weighted by Gasteiger charge is -2.30. The highest BCUT2D eigenvalue weighted by Crippen LogP contribution is 2.26. The molecule has 0 aliphatic heterocycles. The second-order valence-corrected chi connectivity index (χ2v) is 11.6. The van der Waals surface area contributed by atoms with Gasteiger partial charge < -0.3 is 14.8 Å². The Morgan fingerprint density at radius 3 is 1.75 bits per heavy atom. The summed E-state index contributed by atoms with van der Waals surface area (Å²) in [6.07, 6.45) is 2.48. The standard InChI is InChI=1S/C22H27NO6S.C11H14O2.4CH4.FH/c1-17(24)22(29-2,16-18-10-4-3-5-11-18)15-9-8-14-21(25)23-19-12-6-7-13-20(19)30(26,27)28;1-9(12)11(13-2)8-10-6-4-3-5-7-10;;;;;/h3-7,10-13H,8-9,14-16H2,1-2H3,(H,23,25)(H,26,27,28);3-7,11H,8H2,1-2H3;4*1H4;1H. The number of ether oxygens (including phenoxy) is 2. The fourth-order valence-corrected chi connectivity index (χ4v) is 5.20. The van der Waals surface area contributed by atoms with E-state index in [4.69, 9.17) is 9.47 Å². The minimum atomic E-state index is -4.44. The lowest BCUT2D eigenvalue weighted by atomic mass is 9.85. The van der Waals surface area contributed by atoms with Crippen LogP contribution in [0.5, 0.6) is 0 Å². The molecule has 272 valence electrons. The summed E-state index contributed by atoms with van der Waals surface area (Å²) < 4.78 is 42.8. The van der Waals surface area contributed by atoms with Crippen molar-refractivity contribution in [3.05, 3.63) is 96.1 Å². The van der Waals surface area contributed by atoms with Gasteiger partial charge in [-0.2, -0.15) is 8.42 Å². The highest BCUT2D eigenvalue weighted by atomic mass is 32.2. The smallest absolute Gasteiger partial charge is 0.296 e. The molecule has 0 spiro atoms. The molecule has 2 N–H and O–H groups in total. The summed E-state index contributed by atoms with van der Waals surface area (Å²) in [5.74, 6) is -0.369. The molecular formula is C37H58FNO8S. The van der Waals surface area contributed by atoms with E-state index in [1.54, 1.807) is 20.1 Å². The largest absolute Gasteiger partial charge is 0.373 e. The van der Waals surface area contributed by atoms with Gasteiger partial charge in [-0.3, -0.25) is 23.6 Å². The number of methoxy groups -OCH3 is 2. The number of carbonyl (C=O) groups is 3. The number of Topliss-reactive ketones (excluding diaryl/α,β-unsaturated/α-hetero) is 2. The van der Waals surface area contributed by atoms with Gasteiger partial charge in [-0.15, -0.1) is 0 Å². The third kappa shape index (κ3) is 16.9. The molecule has 0 aliphatic carbocycles. The van der Waals surface area contributed by atoms with Gasteiger partial charge in [-0.25, -0.2) is 0 Å². The molecule has 0 saturated carbocycles. The molecule has 48 heavy (non-hydrogen) atoms. The van der Waals surface area contributed by atoms with Crippen LogP contribution >= 0.6 is 0 Å². The monoisotopic (exact) mass is 695 g/mol. The number of rotatable bonds is 15. The molecule has 0 bridgehead atoms. The van der Waals surface area contributed by atoms with Gasteiger partial charge in [0, 0.05) is 33.5 Å². The first kappa shape index (κ1) is 51.1. The molecule has 11 heteroatoms. The van der Waals surface area contributed by atoms with Crippen molar-refractivity contribution in [3.8, 4) is 0 Å². The van der Waals surface area contributed by atoms with E-state index in [0.717, 1.165) is 11.1 Å². The normalized spacial score (nSPS) is 11.8. The Morgan fingerprint density at radius 1 is 0.792 bits per heavy atom. The summed E-state index contributed by atoms with van der Waals surface area (Å²) in [6, 6.07) is 25.1. The SMILES string of the molecule is C.C.C.C.COC(CCCCC(=O)Nc1ccccc1S(=O)(=O)O)(Cc1ccccc1)C(C)=O.COC(Cc1ccccc1)C(C)=O.F. The van der Waals surface area contributed by atoms with E-state index < -0.39 is 15.7 Å². The molecule has 2 unspecified atom stereocenters. The van der Waals surface area contributed by atoms with E-state index in [-0.39, 0.29) is 75.0 Å². The lowest BCUT2D eigenvalue weighted by Crippen LogP contribution is -2.41. The quantitative estimate of drug-likeness (QED) is 0.120. The van der Waals surface area contributed by atoms with Crippen molar-refractivity contribution in [2.75, 3.05) is 19.5 Å². The summed E-state index contributed by atoms with van der Waals surface area (Å²) in [5, 5.41) is 2.52. The van der Waals surface area contributed by atoms with Crippen molar-refractivity contribution in [3.63, 3.8) is 0 Å². The maximum atomic E-state index is 12.3. The highest BCUT2D eigenvalue weighted by molar-refractivity contribution is 7.86. The number of nitrogens with one attached hydrogen (secondary N) is 1. The van der Waals surface area contributed by atoms with Gasteiger partial charge in [0.15, 0.2) is 11.6 Å². The maximum Gasteiger partial charge on any atom is 0.296 e. The molecule has 1 amide bonds. The predicted molar refractivity (Wildman–Crippen MR) is 195 cm³/mol. The van der Waals surface area contributed by atoms with Gasteiger partial charge in [0.2, 0.25) is 5.91 Å². The zero-order valence-corrected chi connectivity index (χ0v) is 26.3. The molecule has 0 saturated heterocycles. The first-order chi connectivity index (χ1) is 20.4. The van der Waals surface area contributed by atoms with Crippen molar-refractivity contribution >= 4 is 33.3 Å². The molecule has 0 aliphatic rings. The number of unbranched alkanes of at least 4 members (excludes halogenated alkanes) is 1. The number of hydrogen-bond donors (Lipinski definition) is 2. The molecule has 3 aromatic rings. The number of benzene rings is 3. The van der Waals surface area contributed by atoms with Crippen LogP contribution in [0, 0.1) is 0 Å². The van der Waals surface area contributed by atoms with Crippen molar-refractivity contribution in [1.82, 2.24) is 0 Å². The van der Waals surface area contributed by atoms with Gasteiger partial charge in [0.25, 0.3) is 10.1 Å². The van der Waals surface area contributed by atoms with E-state index >= 15 is 0 Å². The summed E-state index contributed by atoms with van der Waals surface area (Å²) in [7, 11) is -1.35. The first-order valence-corrected chi connectivity index (χ1v) is 15.4. The van der Waals surface area contributed by atoms with E-state index in [1.807, 2.05) is 60.7 Å². The van der Waals surface area contributed by atoms with E-state index in [0.29, 0.717) is 32.1 Å². The third-order valence-corrected chi connectivity index (χ3v) is 7.95. The molecule has 2 atom stereocenters. The van der Waals surface area contributed by atoms with Crippen LogP contribution in [0.3, 0.4) is 0 Å². The Balaban J connectivity index is -0.000000461. The summed E-state index contributed by atoms with van der Waals surface area (Å²) in [4.78, 5) is 35.2. The Morgan fingerprint density at radius 2 is 1.29 bits per heavy atom. The van der Waals surface area contributed by atoms with Crippen LogP contribution in [-0.2, 0) is 46.8 Å².